The Balaban J connectivity index is 2.09. The van der Waals surface area contributed by atoms with Gasteiger partial charge in [-0.05, 0) is 75.1 Å². The van der Waals surface area contributed by atoms with Gasteiger partial charge in [0.05, 0.1) is 7.11 Å². The first-order chi connectivity index (χ1) is 12.6. The van der Waals surface area contributed by atoms with Crippen molar-refractivity contribution in [2.24, 2.45) is 0 Å². The Hall–Kier alpha value is -2.46. The van der Waals surface area contributed by atoms with Gasteiger partial charge in [-0.25, -0.2) is 0 Å². The first-order valence-corrected chi connectivity index (χ1v) is 9.10. The Morgan fingerprint density at radius 2 is 1.37 bits per heavy atom. The van der Waals surface area contributed by atoms with Crippen LogP contribution in [0.15, 0.2) is 42.5 Å². The molecule has 0 atom stereocenters. The largest absolute Gasteiger partial charge is 0.497 e. The van der Waals surface area contributed by atoms with E-state index in [9.17, 15) is 9.59 Å². The number of ketones is 2. The molecular formula is C23H26O4. The number of hydrogen-bond acceptors (Lipinski definition) is 4. The van der Waals surface area contributed by atoms with Crippen molar-refractivity contribution in [2.75, 3.05) is 7.11 Å². The number of ether oxygens (including phenoxy) is 2. The molecule has 27 heavy (non-hydrogen) atoms. The van der Waals surface area contributed by atoms with Gasteiger partial charge in [0, 0.05) is 0 Å². The van der Waals surface area contributed by atoms with Gasteiger partial charge < -0.3 is 9.47 Å². The quantitative estimate of drug-likeness (QED) is 0.752. The summed E-state index contributed by atoms with van der Waals surface area (Å²) in [4.78, 5) is 26.1. The Bertz CT molecular complexity index is 865. The average Bonchev–Trinajstić information content (AvgIpc) is 2.61. The van der Waals surface area contributed by atoms with Gasteiger partial charge in [-0.1, -0.05) is 24.3 Å². The van der Waals surface area contributed by atoms with E-state index in [0.717, 1.165) is 28.0 Å². The van der Waals surface area contributed by atoms with Crippen LogP contribution in [-0.2, 0) is 14.3 Å². The standard InChI is InChI=1S/C23H26O4/c1-14-7-8-16(15-9-11-17(26-6)12-10-15)13-18(14)19-20(24)22(2,3)27-23(4,5)21(19)25/h7-13,19H,1-6H3. The molecule has 3 rings (SSSR count). The van der Waals surface area contributed by atoms with Gasteiger partial charge >= 0.3 is 0 Å². The topological polar surface area (TPSA) is 52.6 Å². The van der Waals surface area contributed by atoms with Crippen molar-refractivity contribution in [3.8, 4) is 16.9 Å². The molecule has 0 aliphatic carbocycles. The van der Waals surface area contributed by atoms with Crippen LogP contribution < -0.4 is 4.74 Å². The van der Waals surface area contributed by atoms with Crippen LogP contribution in [0.1, 0.15) is 44.7 Å². The highest BCUT2D eigenvalue weighted by atomic mass is 16.5. The lowest BCUT2D eigenvalue weighted by Gasteiger charge is -2.43. The molecule has 0 unspecified atom stereocenters. The van der Waals surface area contributed by atoms with Gasteiger partial charge in [0.1, 0.15) is 22.9 Å². The predicted molar refractivity (Wildman–Crippen MR) is 105 cm³/mol. The van der Waals surface area contributed by atoms with Crippen LogP contribution in [0.5, 0.6) is 5.75 Å². The second kappa shape index (κ2) is 6.61. The van der Waals surface area contributed by atoms with E-state index in [0.29, 0.717) is 0 Å². The summed E-state index contributed by atoms with van der Waals surface area (Å²) in [6.07, 6.45) is 0. The number of carbonyl (C=O) groups excluding carboxylic acids is 2. The van der Waals surface area contributed by atoms with E-state index >= 15 is 0 Å². The zero-order chi connectivity index (χ0) is 20.0. The van der Waals surface area contributed by atoms with Crippen LogP contribution in [-0.4, -0.2) is 29.9 Å². The molecule has 0 bridgehead atoms. The van der Waals surface area contributed by atoms with E-state index in [1.807, 2.05) is 49.4 Å². The third-order valence-corrected chi connectivity index (χ3v) is 5.24. The highest BCUT2D eigenvalue weighted by Gasteiger charge is 2.53. The number of hydrogen-bond donors (Lipinski definition) is 0. The van der Waals surface area contributed by atoms with Gasteiger partial charge in [-0.3, -0.25) is 9.59 Å². The summed E-state index contributed by atoms with van der Waals surface area (Å²) in [7, 11) is 1.63. The number of methoxy groups -OCH3 is 1. The maximum absolute atomic E-state index is 13.1. The summed E-state index contributed by atoms with van der Waals surface area (Å²) in [5.41, 5.74) is 1.62. The molecule has 0 spiro atoms. The first-order valence-electron chi connectivity index (χ1n) is 9.10. The number of benzene rings is 2. The average molecular weight is 366 g/mol. The van der Waals surface area contributed by atoms with Crippen molar-refractivity contribution in [3.63, 3.8) is 0 Å². The molecule has 0 saturated carbocycles. The minimum atomic E-state index is -1.01. The summed E-state index contributed by atoms with van der Waals surface area (Å²) >= 11 is 0. The fourth-order valence-electron chi connectivity index (χ4n) is 3.75. The van der Waals surface area contributed by atoms with E-state index in [1.54, 1.807) is 34.8 Å². The van der Waals surface area contributed by atoms with Crippen molar-refractivity contribution in [3.05, 3.63) is 53.6 Å². The van der Waals surface area contributed by atoms with Crippen LogP contribution in [0.2, 0.25) is 0 Å². The summed E-state index contributed by atoms with van der Waals surface area (Å²) in [6, 6.07) is 13.6. The molecule has 1 heterocycles. The molecule has 0 amide bonds. The smallest absolute Gasteiger partial charge is 0.179 e. The second-order valence-electron chi connectivity index (χ2n) is 8.08. The highest BCUT2D eigenvalue weighted by molar-refractivity contribution is 6.15. The molecule has 0 N–H and O–H groups in total. The van der Waals surface area contributed by atoms with Crippen LogP contribution in [0.4, 0.5) is 0 Å². The van der Waals surface area contributed by atoms with Crippen LogP contribution >= 0.6 is 0 Å². The van der Waals surface area contributed by atoms with Crippen LogP contribution in [0, 0.1) is 6.92 Å². The number of aryl methyl sites for hydroxylation is 1. The van der Waals surface area contributed by atoms with Crippen molar-refractivity contribution < 1.29 is 19.1 Å². The molecule has 1 aliphatic rings. The Kier molecular flexibility index (Phi) is 4.73. The summed E-state index contributed by atoms with van der Waals surface area (Å²) in [5, 5.41) is 0. The van der Waals surface area contributed by atoms with E-state index < -0.39 is 17.1 Å². The van der Waals surface area contributed by atoms with Gasteiger partial charge in [0.15, 0.2) is 11.6 Å². The lowest BCUT2D eigenvalue weighted by atomic mass is 9.73. The molecule has 4 heteroatoms. The highest BCUT2D eigenvalue weighted by Crippen LogP contribution is 2.40. The molecule has 1 aliphatic heterocycles. The number of rotatable bonds is 3. The van der Waals surface area contributed by atoms with E-state index in [-0.39, 0.29) is 11.6 Å². The Morgan fingerprint density at radius 1 is 0.852 bits per heavy atom. The zero-order valence-corrected chi connectivity index (χ0v) is 16.8. The van der Waals surface area contributed by atoms with Crippen molar-refractivity contribution >= 4 is 11.6 Å². The third-order valence-electron chi connectivity index (χ3n) is 5.24. The zero-order valence-electron chi connectivity index (χ0n) is 16.8. The lowest BCUT2D eigenvalue weighted by molar-refractivity contribution is -0.184. The predicted octanol–water partition coefficient (Wildman–Crippen LogP) is 4.48. The summed E-state index contributed by atoms with van der Waals surface area (Å²) < 4.78 is 11.0. The summed E-state index contributed by atoms with van der Waals surface area (Å²) in [6.45, 7) is 8.87. The molecule has 0 aromatic heterocycles. The third kappa shape index (κ3) is 3.42. The van der Waals surface area contributed by atoms with E-state index in [4.69, 9.17) is 9.47 Å². The monoisotopic (exact) mass is 366 g/mol. The molecule has 2 aromatic rings. The maximum atomic E-state index is 13.1. The normalized spacial score (nSPS) is 19.2. The SMILES string of the molecule is COc1ccc(-c2ccc(C)c(C3C(=O)C(C)(C)OC(C)(C)C3=O)c2)cc1. The van der Waals surface area contributed by atoms with Crippen molar-refractivity contribution in [1.29, 1.82) is 0 Å². The first kappa shape index (κ1) is 19.3. The molecule has 1 fully saturated rings. The molecule has 1 saturated heterocycles. The van der Waals surface area contributed by atoms with Crippen molar-refractivity contribution in [1.82, 2.24) is 0 Å². The van der Waals surface area contributed by atoms with Gasteiger partial charge in [-0.2, -0.15) is 0 Å². The number of carbonyl (C=O) groups is 2. The maximum Gasteiger partial charge on any atom is 0.179 e. The van der Waals surface area contributed by atoms with Gasteiger partial charge in [0.25, 0.3) is 0 Å². The van der Waals surface area contributed by atoms with E-state index in [1.165, 1.54) is 0 Å². The summed E-state index contributed by atoms with van der Waals surface area (Å²) in [5.74, 6) is -0.421. The fourth-order valence-corrected chi connectivity index (χ4v) is 3.75. The Morgan fingerprint density at radius 3 is 1.89 bits per heavy atom. The number of Topliss-reactive ketones (excluding diaryl/α,β-unsaturated/α-hetero) is 2. The minimum Gasteiger partial charge on any atom is -0.497 e. The lowest BCUT2D eigenvalue weighted by Crippen LogP contribution is -2.58. The van der Waals surface area contributed by atoms with Crippen LogP contribution in [0.3, 0.4) is 0 Å². The minimum absolute atomic E-state index is 0.193. The molecule has 0 radical (unpaired) electrons. The van der Waals surface area contributed by atoms with Crippen LogP contribution in [0.25, 0.3) is 11.1 Å². The molecular weight excluding hydrogens is 340 g/mol. The Labute approximate surface area is 160 Å². The molecule has 4 nitrogen and oxygen atoms in total. The van der Waals surface area contributed by atoms with Crippen molar-refractivity contribution in [2.45, 2.75) is 51.7 Å². The fraction of sp³-hybridized carbons (Fsp3) is 0.391. The van der Waals surface area contributed by atoms with Gasteiger partial charge in [-0.15, -0.1) is 0 Å². The molecule has 2 aromatic carbocycles. The van der Waals surface area contributed by atoms with E-state index in [2.05, 4.69) is 0 Å². The second-order valence-corrected chi connectivity index (χ2v) is 8.08. The van der Waals surface area contributed by atoms with Gasteiger partial charge in [0.2, 0.25) is 0 Å². The molecule has 142 valence electrons.